The highest BCUT2D eigenvalue weighted by molar-refractivity contribution is 6.30. The number of nitrogens with zero attached hydrogens (tertiary/aromatic N) is 1. The molecule has 118 valence electrons. The minimum absolute atomic E-state index is 0.0559. The summed E-state index contributed by atoms with van der Waals surface area (Å²) in [5.41, 5.74) is 4.40. The smallest absolute Gasteiger partial charge is 0.249 e. The van der Waals surface area contributed by atoms with Crippen molar-refractivity contribution in [2.45, 2.75) is 26.3 Å². The normalized spacial score (nSPS) is 17.8. The lowest BCUT2D eigenvalue weighted by Crippen LogP contribution is -2.41. The molecule has 1 heterocycles. The van der Waals surface area contributed by atoms with Crippen LogP contribution in [0.5, 0.6) is 0 Å². The van der Waals surface area contributed by atoms with Gasteiger partial charge in [-0.2, -0.15) is 0 Å². The van der Waals surface area contributed by atoms with Gasteiger partial charge in [-0.1, -0.05) is 54.1 Å². The Morgan fingerprint density at radius 1 is 1.17 bits per heavy atom. The van der Waals surface area contributed by atoms with Gasteiger partial charge >= 0.3 is 0 Å². The molecule has 1 aliphatic rings. The van der Waals surface area contributed by atoms with Crippen molar-refractivity contribution in [1.29, 1.82) is 0 Å². The first-order valence-electron chi connectivity index (χ1n) is 7.89. The molecular formula is C20H20ClNO. The lowest BCUT2D eigenvalue weighted by atomic mass is 9.88. The molecule has 0 N–H and O–H groups in total. The number of allylic oxidation sites excluding steroid dienone is 1. The summed E-state index contributed by atoms with van der Waals surface area (Å²) in [4.78, 5) is 14.8. The topological polar surface area (TPSA) is 20.3 Å². The van der Waals surface area contributed by atoms with Gasteiger partial charge in [0.1, 0.15) is 0 Å². The lowest BCUT2D eigenvalue weighted by molar-refractivity contribution is -0.129. The molecule has 0 saturated carbocycles. The van der Waals surface area contributed by atoms with E-state index in [9.17, 15) is 4.79 Å². The third-order valence-corrected chi connectivity index (χ3v) is 4.75. The zero-order chi connectivity index (χ0) is 16.4. The van der Waals surface area contributed by atoms with E-state index in [2.05, 4.69) is 18.2 Å². The van der Waals surface area contributed by atoms with E-state index in [0.717, 1.165) is 24.1 Å². The van der Waals surface area contributed by atoms with Crippen LogP contribution in [0.15, 0.2) is 60.2 Å². The first-order chi connectivity index (χ1) is 11.1. The first kappa shape index (κ1) is 15.8. The Labute approximate surface area is 142 Å². The van der Waals surface area contributed by atoms with Gasteiger partial charge in [0.2, 0.25) is 5.91 Å². The van der Waals surface area contributed by atoms with Crippen molar-refractivity contribution >= 4 is 17.5 Å². The van der Waals surface area contributed by atoms with Crippen LogP contribution in [0.25, 0.3) is 0 Å². The predicted molar refractivity (Wildman–Crippen MR) is 94.6 cm³/mol. The van der Waals surface area contributed by atoms with Crippen molar-refractivity contribution in [3.8, 4) is 0 Å². The van der Waals surface area contributed by atoms with Gasteiger partial charge < -0.3 is 4.90 Å². The predicted octanol–water partition coefficient (Wildman–Crippen LogP) is 4.78. The Balaban J connectivity index is 2.10. The van der Waals surface area contributed by atoms with Gasteiger partial charge in [-0.3, -0.25) is 4.79 Å². The van der Waals surface area contributed by atoms with E-state index in [1.807, 2.05) is 55.2 Å². The summed E-state index contributed by atoms with van der Waals surface area (Å²) in [6, 6.07) is 16.1. The molecule has 0 radical (unpaired) electrons. The summed E-state index contributed by atoms with van der Waals surface area (Å²) in [7, 11) is 0. The summed E-state index contributed by atoms with van der Waals surface area (Å²) in [6.07, 6.45) is 2.77. The van der Waals surface area contributed by atoms with Crippen LogP contribution in [0.3, 0.4) is 0 Å². The van der Waals surface area contributed by atoms with E-state index >= 15 is 0 Å². The van der Waals surface area contributed by atoms with Crippen molar-refractivity contribution < 1.29 is 4.79 Å². The number of fused-ring (bicyclic) bond motifs is 1. The number of hydrogen-bond acceptors (Lipinski definition) is 1. The highest BCUT2D eigenvalue weighted by Gasteiger charge is 2.32. The maximum Gasteiger partial charge on any atom is 0.249 e. The molecule has 0 saturated heterocycles. The second-order valence-electron chi connectivity index (χ2n) is 5.87. The molecular weight excluding hydrogens is 306 g/mol. The summed E-state index contributed by atoms with van der Waals surface area (Å²) >= 11 is 6.03. The van der Waals surface area contributed by atoms with Crippen molar-refractivity contribution in [2.75, 3.05) is 6.54 Å². The fourth-order valence-electron chi connectivity index (χ4n) is 3.14. The highest BCUT2D eigenvalue weighted by atomic mass is 35.5. The fraction of sp³-hybridized carbons (Fsp3) is 0.250. The van der Waals surface area contributed by atoms with Crippen molar-refractivity contribution in [1.82, 2.24) is 4.90 Å². The Morgan fingerprint density at radius 2 is 1.87 bits per heavy atom. The van der Waals surface area contributed by atoms with Crippen LogP contribution in [0.4, 0.5) is 0 Å². The van der Waals surface area contributed by atoms with Gasteiger partial charge in [0.05, 0.1) is 6.04 Å². The number of carbonyl (C=O) groups excluding carboxylic acids is 1. The van der Waals surface area contributed by atoms with E-state index in [1.54, 1.807) is 0 Å². The Kier molecular flexibility index (Phi) is 4.53. The van der Waals surface area contributed by atoms with Gasteiger partial charge in [0.25, 0.3) is 0 Å². The SMILES string of the molecule is C/C=C(\C)C(=O)N1CCc2ccccc2[C@H]1c1ccc(Cl)cc1. The molecule has 0 unspecified atom stereocenters. The van der Waals surface area contributed by atoms with Gasteiger partial charge in [0.15, 0.2) is 0 Å². The average molecular weight is 326 g/mol. The quantitative estimate of drug-likeness (QED) is 0.728. The van der Waals surface area contributed by atoms with Gasteiger partial charge in [-0.25, -0.2) is 0 Å². The maximum atomic E-state index is 12.8. The molecule has 1 amide bonds. The van der Waals surface area contributed by atoms with Crippen molar-refractivity contribution in [3.63, 3.8) is 0 Å². The standard InChI is InChI=1S/C20H20ClNO/c1-3-14(2)20(23)22-13-12-15-6-4-5-7-18(15)19(22)16-8-10-17(21)11-9-16/h3-11,19H,12-13H2,1-2H3/b14-3+/t19-/m1/s1. The van der Waals surface area contributed by atoms with E-state index in [0.29, 0.717) is 5.02 Å². The molecule has 1 aliphatic heterocycles. The number of carbonyl (C=O) groups is 1. The van der Waals surface area contributed by atoms with Crippen LogP contribution in [-0.2, 0) is 11.2 Å². The monoisotopic (exact) mass is 325 g/mol. The second-order valence-corrected chi connectivity index (χ2v) is 6.31. The molecule has 0 aliphatic carbocycles. The zero-order valence-corrected chi connectivity index (χ0v) is 14.2. The Bertz CT molecular complexity index is 748. The number of amides is 1. The maximum absolute atomic E-state index is 12.8. The average Bonchev–Trinajstić information content (AvgIpc) is 2.60. The van der Waals surface area contributed by atoms with E-state index in [-0.39, 0.29) is 11.9 Å². The van der Waals surface area contributed by atoms with Crippen LogP contribution in [0, 0.1) is 0 Å². The molecule has 3 heteroatoms. The van der Waals surface area contributed by atoms with Crippen LogP contribution < -0.4 is 0 Å². The molecule has 2 aromatic carbocycles. The Morgan fingerprint density at radius 3 is 2.57 bits per heavy atom. The summed E-state index contributed by atoms with van der Waals surface area (Å²) in [5.74, 6) is 0.0990. The first-order valence-corrected chi connectivity index (χ1v) is 8.26. The largest absolute Gasteiger partial charge is 0.327 e. The molecule has 3 rings (SSSR count). The van der Waals surface area contributed by atoms with Crippen LogP contribution in [-0.4, -0.2) is 17.4 Å². The lowest BCUT2D eigenvalue weighted by Gasteiger charge is -2.38. The van der Waals surface area contributed by atoms with Crippen molar-refractivity contribution in [2.24, 2.45) is 0 Å². The second kappa shape index (κ2) is 6.59. The van der Waals surface area contributed by atoms with Crippen molar-refractivity contribution in [3.05, 3.63) is 81.9 Å². The highest BCUT2D eigenvalue weighted by Crippen LogP contribution is 2.36. The van der Waals surface area contributed by atoms with Gasteiger partial charge in [0, 0.05) is 17.1 Å². The third-order valence-electron chi connectivity index (χ3n) is 4.50. The molecule has 0 fully saturated rings. The number of hydrogen-bond donors (Lipinski definition) is 0. The number of halogens is 1. The molecule has 2 aromatic rings. The van der Waals surface area contributed by atoms with Gasteiger partial charge in [-0.15, -0.1) is 0 Å². The van der Waals surface area contributed by atoms with E-state index in [4.69, 9.17) is 11.6 Å². The van der Waals surface area contributed by atoms with Gasteiger partial charge in [-0.05, 0) is 49.1 Å². The fourth-order valence-corrected chi connectivity index (χ4v) is 3.27. The Hall–Kier alpha value is -2.06. The minimum atomic E-state index is -0.0559. The molecule has 1 atom stereocenters. The minimum Gasteiger partial charge on any atom is -0.327 e. The number of benzene rings is 2. The molecule has 2 nitrogen and oxygen atoms in total. The van der Waals surface area contributed by atoms with Crippen LogP contribution in [0.2, 0.25) is 5.02 Å². The zero-order valence-electron chi connectivity index (χ0n) is 13.4. The number of rotatable bonds is 2. The molecule has 0 bridgehead atoms. The third kappa shape index (κ3) is 3.04. The van der Waals surface area contributed by atoms with Crippen LogP contribution in [0.1, 0.15) is 36.6 Å². The summed E-state index contributed by atoms with van der Waals surface area (Å²) in [6.45, 7) is 4.51. The molecule has 23 heavy (non-hydrogen) atoms. The van der Waals surface area contributed by atoms with E-state index < -0.39 is 0 Å². The summed E-state index contributed by atoms with van der Waals surface area (Å²) < 4.78 is 0. The molecule has 0 spiro atoms. The molecule has 0 aromatic heterocycles. The van der Waals surface area contributed by atoms with E-state index in [1.165, 1.54) is 11.1 Å². The summed E-state index contributed by atoms with van der Waals surface area (Å²) in [5, 5.41) is 0.709. The van der Waals surface area contributed by atoms with Crippen LogP contribution >= 0.6 is 11.6 Å².